The Morgan fingerprint density at radius 1 is 1.36 bits per heavy atom. The molecular formula is C9H12BrN. The van der Waals surface area contributed by atoms with Crippen molar-refractivity contribution >= 4 is 21.6 Å². The first-order valence-corrected chi connectivity index (χ1v) is 4.84. The second kappa shape index (κ2) is 5.19. The minimum atomic E-state index is 0.773. The van der Waals surface area contributed by atoms with E-state index in [2.05, 4.69) is 15.9 Å². The van der Waals surface area contributed by atoms with Crippen LogP contribution in [0.1, 0.15) is 6.42 Å². The van der Waals surface area contributed by atoms with E-state index in [0.29, 0.717) is 0 Å². The molecule has 0 atom stereocenters. The first-order valence-electron chi connectivity index (χ1n) is 4.16. The van der Waals surface area contributed by atoms with Gasteiger partial charge < -0.3 is 5.31 Å². The Hall–Kier alpha value is -0.500. The summed E-state index contributed by atoms with van der Waals surface area (Å²) in [7, 11) is 0. The summed E-state index contributed by atoms with van der Waals surface area (Å²) in [6.45, 7) is 0.773. The van der Waals surface area contributed by atoms with Crippen LogP contribution in [0.3, 0.4) is 0 Å². The lowest BCUT2D eigenvalue weighted by Crippen LogP contribution is -2.00. The highest BCUT2D eigenvalue weighted by Gasteiger charge is 1.86. The molecule has 0 bridgehead atoms. The molecule has 0 amide bonds. The molecule has 2 heteroatoms. The smallest absolute Gasteiger partial charge is 0.160 e. The highest BCUT2D eigenvalue weighted by atomic mass is 79.9. The second-order valence-electron chi connectivity index (χ2n) is 2.26. The van der Waals surface area contributed by atoms with Gasteiger partial charge in [-0.25, -0.2) is 0 Å². The van der Waals surface area contributed by atoms with Crippen LogP contribution in [0.25, 0.3) is 0 Å². The van der Waals surface area contributed by atoms with Crippen molar-refractivity contribution in [2.45, 2.75) is 6.42 Å². The standard InChI is InChI=1S/C9H12BrN/c10-7-4-8-11-9-5-2-1-3-6-9/h1-3,5-6,11H,4,7-8H2/i/hT. The number of hydrogen-bond acceptors (Lipinski definition) is 1. The molecule has 11 heavy (non-hydrogen) atoms. The van der Waals surface area contributed by atoms with Crippen molar-refractivity contribution in [3.63, 3.8) is 0 Å². The Labute approximate surface area is 77.4 Å². The normalized spacial score (nSPS) is 10.8. The van der Waals surface area contributed by atoms with Crippen molar-refractivity contribution in [2.24, 2.45) is 0 Å². The van der Waals surface area contributed by atoms with E-state index in [4.69, 9.17) is 1.41 Å². The largest absolute Gasteiger partial charge is 0.385 e. The van der Waals surface area contributed by atoms with Gasteiger partial charge in [-0.05, 0) is 18.6 Å². The fourth-order valence-corrected chi connectivity index (χ4v) is 1.05. The molecule has 0 saturated heterocycles. The summed E-state index contributed by atoms with van der Waals surface area (Å²) in [5.41, 5.74) is 0.957. The summed E-state index contributed by atoms with van der Waals surface area (Å²) >= 11 is 3.34. The SMILES string of the molecule is [3H]N(CCCBr)c1ccccc1. The van der Waals surface area contributed by atoms with E-state index >= 15 is 0 Å². The van der Waals surface area contributed by atoms with Gasteiger partial charge in [0.2, 0.25) is 0 Å². The van der Waals surface area contributed by atoms with E-state index in [9.17, 15) is 0 Å². The van der Waals surface area contributed by atoms with Gasteiger partial charge >= 0.3 is 0 Å². The zero-order chi connectivity index (χ0) is 8.81. The van der Waals surface area contributed by atoms with E-state index in [0.717, 1.165) is 24.0 Å². The maximum absolute atomic E-state index is 7.63. The molecule has 1 aromatic rings. The number of benzene rings is 1. The Morgan fingerprint density at radius 2 is 2.09 bits per heavy atom. The molecule has 1 aromatic carbocycles. The molecule has 0 radical (unpaired) electrons. The Morgan fingerprint density at radius 3 is 2.73 bits per heavy atom. The molecule has 0 aromatic heterocycles. The second-order valence-corrected chi connectivity index (χ2v) is 3.05. The van der Waals surface area contributed by atoms with Gasteiger partial charge in [-0.2, -0.15) is 0 Å². The Kier molecular flexibility index (Phi) is 3.38. The molecular weight excluding hydrogens is 202 g/mol. The molecule has 1 rings (SSSR count). The van der Waals surface area contributed by atoms with Gasteiger partial charge in [0.25, 0.3) is 0 Å². The van der Waals surface area contributed by atoms with E-state index in [-0.39, 0.29) is 0 Å². The van der Waals surface area contributed by atoms with Crippen LogP contribution < -0.4 is 5.31 Å². The number of alkyl halides is 1. The van der Waals surface area contributed by atoms with Crippen molar-refractivity contribution in [2.75, 3.05) is 17.2 Å². The van der Waals surface area contributed by atoms with Crippen LogP contribution >= 0.6 is 15.9 Å². The van der Waals surface area contributed by atoms with Gasteiger partial charge in [0.15, 0.2) is 1.41 Å². The summed E-state index contributed by atoms with van der Waals surface area (Å²) in [5, 5.41) is 2.47. The predicted octanol–water partition coefficient (Wildman–Crippen LogP) is 2.88. The molecule has 1 nitrogen and oxygen atoms in total. The molecule has 0 saturated carbocycles. The maximum atomic E-state index is 7.63. The van der Waals surface area contributed by atoms with Crippen molar-refractivity contribution in [1.82, 2.24) is 0 Å². The van der Waals surface area contributed by atoms with Crippen molar-refractivity contribution in [1.29, 1.82) is 0 Å². The minimum absolute atomic E-state index is 0.773. The maximum Gasteiger partial charge on any atom is 0.160 e. The van der Waals surface area contributed by atoms with Gasteiger partial charge in [-0.3, -0.25) is 0 Å². The first kappa shape index (κ1) is 7.17. The van der Waals surface area contributed by atoms with Crippen LogP contribution in [0.4, 0.5) is 5.69 Å². The van der Waals surface area contributed by atoms with Crippen molar-refractivity contribution < 1.29 is 1.41 Å². The molecule has 60 valence electrons. The summed E-state index contributed by atoms with van der Waals surface area (Å²) in [6.07, 6.45) is 0.998. The number of halogens is 1. The lowest BCUT2D eigenvalue weighted by atomic mass is 10.3. The van der Waals surface area contributed by atoms with Crippen LogP contribution in [-0.2, 0) is 0 Å². The number of nitrogens with one attached hydrogen (secondary N) is 1. The van der Waals surface area contributed by atoms with Gasteiger partial charge in [0.05, 0.1) is 0 Å². The van der Waals surface area contributed by atoms with E-state index in [1.807, 2.05) is 30.3 Å². The Bertz CT molecular complexity index is 215. The Balaban J connectivity index is 2.48. The van der Waals surface area contributed by atoms with Crippen LogP contribution in [-0.4, -0.2) is 11.9 Å². The van der Waals surface area contributed by atoms with Crippen LogP contribution in [0, 0.1) is 0 Å². The quantitative estimate of drug-likeness (QED) is 0.763. The van der Waals surface area contributed by atoms with Gasteiger partial charge in [-0.1, -0.05) is 34.1 Å². The van der Waals surface area contributed by atoms with Crippen LogP contribution in [0.2, 0.25) is 1.41 Å². The number of hydrogen-bond donors (Lipinski definition) is 1. The van der Waals surface area contributed by atoms with Crippen molar-refractivity contribution in [3.8, 4) is 0 Å². The molecule has 0 fully saturated rings. The molecule has 1 N–H and O–H groups in total. The van der Waals surface area contributed by atoms with Gasteiger partial charge in [0, 0.05) is 17.6 Å². The summed E-state index contributed by atoms with van der Waals surface area (Å²) < 4.78 is 7.63. The summed E-state index contributed by atoms with van der Waals surface area (Å²) in [4.78, 5) is 0. The van der Waals surface area contributed by atoms with E-state index in [1.54, 1.807) is 0 Å². The zero-order valence-electron chi connectivity index (χ0n) is 7.33. The van der Waals surface area contributed by atoms with Gasteiger partial charge in [0.1, 0.15) is 0 Å². The molecule has 0 aliphatic carbocycles. The average molecular weight is 216 g/mol. The topological polar surface area (TPSA) is 12.0 Å². The third-order valence-corrected chi connectivity index (χ3v) is 1.90. The lowest BCUT2D eigenvalue weighted by Gasteiger charge is -2.02. The molecule has 0 aliphatic rings. The number of rotatable bonds is 4. The van der Waals surface area contributed by atoms with Crippen LogP contribution in [0.15, 0.2) is 30.3 Å². The first-order chi connectivity index (χ1) is 5.84. The highest BCUT2D eigenvalue weighted by molar-refractivity contribution is 9.09. The van der Waals surface area contributed by atoms with E-state index in [1.165, 1.54) is 5.31 Å². The zero-order valence-corrected chi connectivity index (χ0v) is 7.92. The fourth-order valence-electron chi connectivity index (χ4n) is 0.801. The third-order valence-electron chi connectivity index (χ3n) is 1.34. The minimum Gasteiger partial charge on any atom is -0.385 e. The lowest BCUT2D eigenvalue weighted by molar-refractivity contribution is 0.999. The summed E-state index contributed by atoms with van der Waals surface area (Å²) in [6, 6.07) is 9.75. The third kappa shape index (κ3) is 3.42. The number of anilines is 1. The van der Waals surface area contributed by atoms with Crippen LogP contribution in [0.5, 0.6) is 0 Å². The van der Waals surface area contributed by atoms with Crippen molar-refractivity contribution in [3.05, 3.63) is 30.3 Å². The fraction of sp³-hybridized carbons (Fsp3) is 0.333. The van der Waals surface area contributed by atoms with Gasteiger partial charge in [-0.15, -0.1) is 0 Å². The molecule has 0 heterocycles. The highest BCUT2D eigenvalue weighted by Crippen LogP contribution is 2.04. The monoisotopic (exact) mass is 215 g/mol. The predicted molar refractivity (Wildman–Crippen MR) is 53.3 cm³/mol. The summed E-state index contributed by atoms with van der Waals surface area (Å²) in [5.74, 6) is 0. The number of para-hydroxylation sites is 1. The molecule has 0 aliphatic heterocycles. The van der Waals surface area contributed by atoms with E-state index < -0.39 is 0 Å². The molecule has 0 spiro atoms. The molecule has 0 unspecified atom stereocenters. The average Bonchev–Trinajstić information content (AvgIpc) is 2.15.